The Morgan fingerprint density at radius 1 is 1.13 bits per heavy atom. The van der Waals surface area contributed by atoms with Crippen molar-refractivity contribution in [2.45, 2.75) is 12.5 Å². The fourth-order valence-electron chi connectivity index (χ4n) is 2.67. The number of hydrogen-bond donors (Lipinski definition) is 2. The number of aliphatic carboxylic acids is 2. The van der Waals surface area contributed by atoms with Crippen LogP contribution in [0.15, 0.2) is 41.2 Å². The molecule has 30 heavy (non-hydrogen) atoms. The van der Waals surface area contributed by atoms with Gasteiger partial charge in [-0.15, -0.1) is 0 Å². The lowest BCUT2D eigenvalue weighted by atomic mass is 9.99. The minimum Gasteiger partial charge on any atom is -0.473 e. The Bertz CT molecular complexity index is 1010. The van der Waals surface area contributed by atoms with Crippen LogP contribution >= 0.6 is 11.6 Å². The van der Waals surface area contributed by atoms with Gasteiger partial charge in [0.2, 0.25) is 17.5 Å². The Morgan fingerprint density at radius 2 is 1.80 bits per heavy atom. The lowest BCUT2D eigenvalue weighted by Gasteiger charge is -2.37. The van der Waals surface area contributed by atoms with Gasteiger partial charge in [-0.3, -0.25) is 4.90 Å². The molecule has 1 fully saturated rings. The lowest BCUT2D eigenvalue weighted by Crippen LogP contribution is -2.44. The van der Waals surface area contributed by atoms with E-state index in [0.29, 0.717) is 47.8 Å². The summed E-state index contributed by atoms with van der Waals surface area (Å²) >= 11 is 6.06. The normalized spacial score (nSPS) is 13.8. The van der Waals surface area contributed by atoms with Crippen molar-refractivity contribution in [3.8, 4) is 11.6 Å². The van der Waals surface area contributed by atoms with Gasteiger partial charge < -0.3 is 14.7 Å². The first-order valence-corrected chi connectivity index (χ1v) is 8.95. The summed E-state index contributed by atoms with van der Waals surface area (Å²) in [7, 11) is 0. The average Bonchev–Trinajstić information content (AvgIpc) is 3.17. The highest BCUT2D eigenvalue weighted by molar-refractivity contribution is 6.31. The van der Waals surface area contributed by atoms with Gasteiger partial charge in [0.05, 0.1) is 5.92 Å². The monoisotopic (exact) mass is 435 g/mol. The van der Waals surface area contributed by atoms with Crippen LogP contribution < -0.4 is 0 Å². The molecule has 0 aliphatic carbocycles. The number of hydrogen-bond acceptors (Lipinski definition) is 8. The third-order valence-electron chi connectivity index (χ3n) is 4.14. The minimum absolute atomic E-state index is 0.125. The molecule has 3 heterocycles. The first-order chi connectivity index (χ1) is 14.3. The van der Waals surface area contributed by atoms with E-state index in [0.717, 1.165) is 0 Å². The Balaban J connectivity index is 0.000000377. The predicted octanol–water partition coefficient (Wildman–Crippen LogP) is 2.07. The van der Waals surface area contributed by atoms with Gasteiger partial charge in [0.1, 0.15) is 5.82 Å². The summed E-state index contributed by atoms with van der Waals surface area (Å²) in [6.45, 7) is 1.88. The highest BCUT2D eigenvalue weighted by atomic mass is 35.5. The highest BCUT2D eigenvalue weighted by Gasteiger charge is 2.33. The first kappa shape index (κ1) is 21.3. The quantitative estimate of drug-likeness (QED) is 0.584. The van der Waals surface area contributed by atoms with Crippen molar-refractivity contribution < 1.29 is 28.7 Å². The van der Waals surface area contributed by atoms with Crippen LogP contribution in [0.5, 0.6) is 0 Å². The zero-order valence-electron chi connectivity index (χ0n) is 15.3. The first-order valence-electron chi connectivity index (χ1n) is 8.57. The van der Waals surface area contributed by atoms with Crippen LogP contribution in [0, 0.1) is 5.82 Å². The van der Waals surface area contributed by atoms with E-state index in [9.17, 15) is 4.39 Å². The Kier molecular flexibility index (Phi) is 6.65. The van der Waals surface area contributed by atoms with Gasteiger partial charge in [-0.05, 0) is 18.2 Å². The highest BCUT2D eigenvalue weighted by Crippen LogP contribution is 2.30. The second-order valence-electron chi connectivity index (χ2n) is 6.23. The summed E-state index contributed by atoms with van der Waals surface area (Å²) < 4.78 is 19.1. The largest absolute Gasteiger partial charge is 0.473 e. The number of carboxylic acids is 2. The SMILES string of the molecule is Fc1cccc(Cl)c1CN1CC(c2nc(-c3ncccn3)no2)C1.O=C(O)C(=O)O. The van der Waals surface area contributed by atoms with Gasteiger partial charge >= 0.3 is 11.9 Å². The molecule has 10 nitrogen and oxygen atoms in total. The number of carbonyl (C=O) groups is 2. The summed E-state index contributed by atoms with van der Waals surface area (Å²) in [4.78, 5) is 32.8. The van der Waals surface area contributed by atoms with Crippen LogP contribution in [0.3, 0.4) is 0 Å². The Labute approximate surface area is 173 Å². The molecule has 3 aromatic rings. The maximum Gasteiger partial charge on any atom is 0.414 e. The molecular weight excluding hydrogens is 421 g/mol. The van der Waals surface area contributed by atoms with Crippen molar-refractivity contribution in [1.29, 1.82) is 0 Å². The number of benzene rings is 1. The van der Waals surface area contributed by atoms with Crippen molar-refractivity contribution in [3.05, 3.63) is 59.0 Å². The minimum atomic E-state index is -1.82. The van der Waals surface area contributed by atoms with Gasteiger partial charge in [0.15, 0.2) is 0 Å². The van der Waals surface area contributed by atoms with E-state index in [2.05, 4.69) is 25.0 Å². The molecular formula is C18H15ClFN5O5. The molecule has 1 aliphatic rings. The molecule has 0 bridgehead atoms. The molecule has 2 N–H and O–H groups in total. The maximum absolute atomic E-state index is 13.8. The molecule has 0 spiro atoms. The molecule has 0 unspecified atom stereocenters. The molecule has 1 saturated heterocycles. The Hall–Kier alpha value is -3.44. The smallest absolute Gasteiger partial charge is 0.414 e. The summed E-state index contributed by atoms with van der Waals surface area (Å²) in [5.41, 5.74) is 0.515. The van der Waals surface area contributed by atoms with E-state index in [-0.39, 0.29) is 11.7 Å². The maximum atomic E-state index is 13.8. The molecule has 2 aromatic heterocycles. The zero-order chi connectivity index (χ0) is 21.7. The van der Waals surface area contributed by atoms with E-state index in [1.54, 1.807) is 30.6 Å². The van der Waals surface area contributed by atoms with Crippen LogP contribution in [0.25, 0.3) is 11.6 Å². The standard InChI is InChI=1S/C16H13ClFN5O.C2H2O4/c17-12-3-1-4-13(18)11(12)9-23-7-10(8-23)16-21-15(22-24-16)14-19-5-2-6-20-14;3-1(4)2(5)6/h1-6,10H,7-9H2;(H,3,4)(H,5,6). The van der Waals surface area contributed by atoms with Gasteiger partial charge in [-0.25, -0.2) is 23.9 Å². The second kappa shape index (κ2) is 9.37. The van der Waals surface area contributed by atoms with Gasteiger partial charge in [0.25, 0.3) is 0 Å². The number of nitrogens with zero attached hydrogens (tertiary/aromatic N) is 5. The van der Waals surface area contributed by atoms with Crippen LogP contribution in [-0.4, -0.2) is 60.2 Å². The molecule has 0 atom stereocenters. The van der Waals surface area contributed by atoms with Crippen LogP contribution in [0.2, 0.25) is 5.02 Å². The number of carboxylic acid groups (broad SMARTS) is 2. The zero-order valence-corrected chi connectivity index (χ0v) is 16.0. The fraction of sp³-hybridized carbons (Fsp3) is 0.222. The average molecular weight is 436 g/mol. The Morgan fingerprint density at radius 3 is 2.40 bits per heavy atom. The van der Waals surface area contributed by atoms with E-state index in [1.165, 1.54) is 6.07 Å². The third kappa shape index (κ3) is 5.13. The van der Waals surface area contributed by atoms with Crippen molar-refractivity contribution in [2.75, 3.05) is 13.1 Å². The molecule has 156 valence electrons. The molecule has 1 aliphatic heterocycles. The van der Waals surface area contributed by atoms with E-state index < -0.39 is 11.9 Å². The van der Waals surface area contributed by atoms with E-state index in [4.69, 9.17) is 35.9 Å². The molecule has 4 rings (SSSR count). The fourth-order valence-corrected chi connectivity index (χ4v) is 2.89. The number of likely N-dealkylation sites (tertiary alicyclic amines) is 1. The van der Waals surface area contributed by atoms with Gasteiger partial charge in [-0.1, -0.05) is 22.8 Å². The molecule has 0 radical (unpaired) electrons. The second-order valence-corrected chi connectivity index (χ2v) is 6.64. The molecule has 12 heteroatoms. The van der Waals surface area contributed by atoms with E-state index in [1.807, 2.05) is 0 Å². The molecule has 0 amide bonds. The lowest BCUT2D eigenvalue weighted by molar-refractivity contribution is -0.159. The third-order valence-corrected chi connectivity index (χ3v) is 4.49. The van der Waals surface area contributed by atoms with Gasteiger partial charge in [-0.2, -0.15) is 4.98 Å². The van der Waals surface area contributed by atoms with Crippen molar-refractivity contribution in [2.24, 2.45) is 0 Å². The van der Waals surface area contributed by atoms with Crippen molar-refractivity contribution in [3.63, 3.8) is 0 Å². The molecule has 1 aromatic carbocycles. The summed E-state index contributed by atoms with van der Waals surface area (Å²) in [6, 6.07) is 6.44. The van der Waals surface area contributed by atoms with Crippen LogP contribution in [0.4, 0.5) is 4.39 Å². The summed E-state index contributed by atoms with van der Waals surface area (Å²) in [5, 5.41) is 19.1. The van der Waals surface area contributed by atoms with Crippen LogP contribution in [0.1, 0.15) is 17.4 Å². The molecule has 0 saturated carbocycles. The number of rotatable bonds is 4. The summed E-state index contributed by atoms with van der Waals surface area (Å²) in [5.74, 6) is -2.45. The topological polar surface area (TPSA) is 143 Å². The predicted molar refractivity (Wildman–Crippen MR) is 100 cm³/mol. The summed E-state index contributed by atoms with van der Waals surface area (Å²) in [6.07, 6.45) is 3.25. The van der Waals surface area contributed by atoms with Crippen molar-refractivity contribution >= 4 is 23.5 Å². The van der Waals surface area contributed by atoms with Crippen molar-refractivity contribution in [1.82, 2.24) is 25.0 Å². The number of halogens is 2. The number of aromatic nitrogens is 4. The van der Waals surface area contributed by atoms with E-state index >= 15 is 0 Å². The van der Waals surface area contributed by atoms with Gasteiger partial charge in [0, 0.05) is 42.6 Å². The van der Waals surface area contributed by atoms with Crippen LogP contribution in [-0.2, 0) is 16.1 Å².